The van der Waals surface area contributed by atoms with Crippen molar-refractivity contribution in [2.24, 2.45) is 5.73 Å². The van der Waals surface area contributed by atoms with Crippen LogP contribution in [0.25, 0.3) is 0 Å². The second-order valence-corrected chi connectivity index (χ2v) is 5.92. The number of amides is 1. The first-order valence-electron chi connectivity index (χ1n) is 7.76. The molecular weight excluding hydrogens is 283 g/mol. The Morgan fingerprint density at radius 3 is 2.41 bits per heavy atom. The second-order valence-electron chi connectivity index (χ2n) is 5.92. The number of rotatable bonds is 5. The summed E-state index contributed by atoms with van der Waals surface area (Å²) in [5.74, 6) is 0.623. The number of benzene rings is 1. The molecule has 0 saturated carbocycles. The van der Waals surface area contributed by atoms with Crippen LogP contribution in [-0.2, 0) is 9.53 Å². The van der Waals surface area contributed by atoms with E-state index in [1.54, 1.807) is 14.0 Å². The largest absolute Gasteiger partial charge is 0.375 e. The van der Waals surface area contributed by atoms with Crippen molar-refractivity contribution in [2.75, 3.05) is 26.9 Å². The van der Waals surface area contributed by atoms with Crippen LogP contribution in [0.2, 0.25) is 0 Å². The van der Waals surface area contributed by atoms with Crippen molar-refractivity contribution < 1.29 is 13.9 Å². The van der Waals surface area contributed by atoms with E-state index in [-0.39, 0.29) is 5.91 Å². The molecule has 1 saturated heterocycles. The van der Waals surface area contributed by atoms with Gasteiger partial charge < -0.3 is 15.4 Å². The van der Waals surface area contributed by atoms with Crippen molar-refractivity contribution in [1.29, 1.82) is 0 Å². The van der Waals surface area contributed by atoms with Crippen LogP contribution in [0.3, 0.4) is 0 Å². The van der Waals surface area contributed by atoms with Crippen LogP contribution < -0.4 is 5.73 Å². The van der Waals surface area contributed by atoms with Crippen LogP contribution >= 0.6 is 0 Å². The zero-order valence-corrected chi connectivity index (χ0v) is 13.3. The van der Waals surface area contributed by atoms with Gasteiger partial charge in [0.15, 0.2) is 0 Å². The molecule has 0 spiro atoms. The van der Waals surface area contributed by atoms with Crippen molar-refractivity contribution in [3.8, 4) is 0 Å². The van der Waals surface area contributed by atoms with E-state index in [1.807, 2.05) is 17.0 Å². The van der Waals surface area contributed by atoms with E-state index in [1.165, 1.54) is 5.56 Å². The molecule has 1 aliphatic heterocycles. The number of hydrogen-bond donors (Lipinski definition) is 1. The Bertz CT molecular complexity index is 484. The van der Waals surface area contributed by atoms with Gasteiger partial charge in [0.2, 0.25) is 5.91 Å². The summed E-state index contributed by atoms with van der Waals surface area (Å²) in [6, 6.07) is 7.43. The molecule has 122 valence electrons. The minimum absolute atomic E-state index is 0.150. The first-order chi connectivity index (χ1) is 10.6. The molecule has 0 unspecified atom stereocenters. The molecule has 1 aromatic rings. The minimum atomic E-state index is -0.644. The summed E-state index contributed by atoms with van der Waals surface area (Å²) in [5, 5.41) is 0. The summed E-state index contributed by atoms with van der Waals surface area (Å²) in [6.45, 7) is 2.64. The van der Waals surface area contributed by atoms with Gasteiger partial charge in [-0.1, -0.05) is 24.3 Å². The Morgan fingerprint density at radius 1 is 1.36 bits per heavy atom. The van der Waals surface area contributed by atoms with E-state index < -0.39 is 18.8 Å². The quantitative estimate of drug-likeness (QED) is 0.909. The number of nitrogens with zero attached hydrogens (tertiary/aromatic N) is 1. The van der Waals surface area contributed by atoms with Gasteiger partial charge in [0.1, 0.15) is 6.67 Å². The first kappa shape index (κ1) is 16.9. The maximum atomic E-state index is 12.7. The molecule has 1 aliphatic rings. The standard InChI is InChI=1S/C17H25FN2O2/c1-12(21)20-9-7-14(8-10-20)13-3-5-15(6-4-13)17(22-2)16(19)11-18/h3-6,14,16-17H,7-11,19H2,1-2H3/t16-,17-/m1/s1. The van der Waals surface area contributed by atoms with Crippen LogP contribution in [0.4, 0.5) is 4.39 Å². The lowest BCUT2D eigenvalue weighted by atomic mass is 9.88. The third-order valence-electron chi connectivity index (χ3n) is 4.50. The van der Waals surface area contributed by atoms with Gasteiger partial charge in [0, 0.05) is 27.1 Å². The molecule has 2 rings (SSSR count). The summed E-state index contributed by atoms with van der Waals surface area (Å²) < 4.78 is 18.0. The number of ether oxygens (including phenoxy) is 1. The van der Waals surface area contributed by atoms with Gasteiger partial charge in [-0.3, -0.25) is 4.79 Å². The van der Waals surface area contributed by atoms with Gasteiger partial charge in [-0.05, 0) is 29.9 Å². The van der Waals surface area contributed by atoms with Crippen molar-refractivity contribution in [2.45, 2.75) is 37.8 Å². The lowest BCUT2D eigenvalue weighted by Crippen LogP contribution is -2.36. The predicted molar refractivity (Wildman–Crippen MR) is 84.4 cm³/mol. The molecule has 2 N–H and O–H groups in total. The second kappa shape index (κ2) is 7.70. The topological polar surface area (TPSA) is 55.6 Å². The molecular formula is C17H25FN2O2. The molecule has 5 heteroatoms. The number of nitrogens with two attached hydrogens (primary N) is 1. The first-order valence-corrected chi connectivity index (χ1v) is 7.76. The SMILES string of the molecule is CO[C@H](c1ccc(C2CCN(C(C)=O)CC2)cc1)[C@H](N)CF. The van der Waals surface area contributed by atoms with Crippen molar-refractivity contribution in [3.63, 3.8) is 0 Å². The van der Waals surface area contributed by atoms with Crippen LogP contribution in [0, 0.1) is 0 Å². The van der Waals surface area contributed by atoms with E-state index in [2.05, 4.69) is 12.1 Å². The Kier molecular flexibility index (Phi) is 5.91. The maximum absolute atomic E-state index is 12.7. The summed E-state index contributed by atoms with van der Waals surface area (Å²) >= 11 is 0. The van der Waals surface area contributed by atoms with E-state index in [0.29, 0.717) is 5.92 Å². The van der Waals surface area contributed by atoms with Crippen molar-refractivity contribution in [3.05, 3.63) is 35.4 Å². The third-order valence-corrected chi connectivity index (χ3v) is 4.50. The average Bonchev–Trinajstić information content (AvgIpc) is 2.56. The van der Waals surface area contributed by atoms with Gasteiger partial charge in [-0.2, -0.15) is 0 Å². The van der Waals surface area contributed by atoms with Crippen LogP contribution in [0.15, 0.2) is 24.3 Å². The van der Waals surface area contributed by atoms with Crippen LogP contribution in [-0.4, -0.2) is 43.7 Å². The van der Waals surface area contributed by atoms with Gasteiger partial charge in [0.05, 0.1) is 12.1 Å². The van der Waals surface area contributed by atoms with Crippen molar-refractivity contribution >= 4 is 5.91 Å². The van der Waals surface area contributed by atoms with E-state index in [4.69, 9.17) is 10.5 Å². The number of carbonyl (C=O) groups is 1. The third kappa shape index (κ3) is 3.84. The van der Waals surface area contributed by atoms with Gasteiger partial charge >= 0.3 is 0 Å². The minimum Gasteiger partial charge on any atom is -0.375 e. The molecule has 0 radical (unpaired) electrons. The highest BCUT2D eigenvalue weighted by atomic mass is 19.1. The average molecular weight is 308 g/mol. The van der Waals surface area contributed by atoms with E-state index >= 15 is 0 Å². The van der Waals surface area contributed by atoms with Gasteiger partial charge in [-0.15, -0.1) is 0 Å². The Labute approximate surface area is 131 Å². The number of likely N-dealkylation sites (tertiary alicyclic amines) is 1. The monoisotopic (exact) mass is 308 g/mol. The maximum Gasteiger partial charge on any atom is 0.219 e. The zero-order valence-electron chi connectivity index (χ0n) is 13.3. The fraction of sp³-hybridized carbons (Fsp3) is 0.588. The van der Waals surface area contributed by atoms with Crippen LogP contribution in [0.1, 0.15) is 42.9 Å². The molecule has 22 heavy (non-hydrogen) atoms. The van der Waals surface area contributed by atoms with Crippen LogP contribution in [0.5, 0.6) is 0 Å². The van der Waals surface area contributed by atoms with E-state index in [0.717, 1.165) is 31.5 Å². The Hall–Kier alpha value is -1.46. The van der Waals surface area contributed by atoms with Gasteiger partial charge in [-0.25, -0.2) is 4.39 Å². The highest BCUT2D eigenvalue weighted by molar-refractivity contribution is 5.73. The number of piperidine rings is 1. The lowest BCUT2D eigenvalue weighted by Gasteiger charge is -2.31. The fourth-order valence-electron chi connectivity index (χ4n) is 3.12. The number of alkyl halides is 1. The summed E-state index contributed by atoms with van der Waals surface area (Å²) in [5.41, 5.74) is 7.91. The smallest absolute Gasteiger partial charge is 0.219 e. The molecule has 0 bridgehead atoms. The predicted octanol–water partition coefficient (Wildman–Crippen LogP) is 2.40. The van der Waals surface area contributed by atoms with Gasteiger partial charge in [0.25, 0.3) is 0 Å². The molecule has 4 nitrogen and oxygen atoms in total. The molecule has 1 heterocycles. The number of hydrogen-bond acceptors (Lipinski definition) is 3. The fourth-order valence-corrected chi connectivity index (χ4v) is 3.12. The zero-order chi connectivity index (χ0) is 16.1. The number of carbonyl (C=O) groups excluding carboxylic acids is 1. The highest BCUT2D eigenvalue weighted by Gasteiger charge is 2.23. The highest BCUT2D eigenvalue weighted by Crippen LogP contribution is 2.29. The number of halogens is 1. The van der Waals surface area contributed by atoms with E-state index in [9.17, 15) is 9.18 Å². The van der Waals surface area contributed by atoms with Crippen molar-refractivity contribution in [1.82, 2.24) is 4.90 Å². The molecule has 0 aliphatic carbocycles. The normalized spacial score (nSPS) is 19.0. The Balaban J connectivity index is 2.02. The molecule has 1 aromatic carbocycles. The molecule has 0 aromatic heterocycles. The molecule has 1 amide bonds. The summed E-state index contributed by atoms with van der Waals surface area (Å²) in [7, 11) is 1.55. The molecule has 1 fully saturated rings. The lowest BCUT2D eigenvalue weighted by molar-refractivity contribution is -0.129. The summed E-state index contributed by atoms with van der Waals surface area (Å²) in [4.78, 5) is 13.3. The number of methoxy groups -OCH3 is 1. The molecule has 2 atom stereocenters. The Morgan fingerprint density at radius 2 is 1.95 bits per heavy atom. The summed E-state index contributed by atoms with van der Waals surface area (Å²) in [6.07, 6.45) is 1.55.